The quantitative estimate of drug-likeness (QED) is 0.482. The molecule has 0 aromatic rings. The van der Waals surface area contributed by atoms with E-state index in [0.717, 1.165) is 0 Å². The second-order valence-corrected chi connectivity index (χ2v) is 4.97. The molecule has 2 rings (SSSR count). The first-order chi connectivity index (χ1) is 6.92. The van der Waals surface area contributed by atoms with Crippen LogP contribution in [0.1, 0.15) is 20.3 Å². The minimum absolute atomic E-state index is 0.164. The molecular weight excluding hydrogens is 196 g/mol. The molecule has 4 heteroatoms. The van der Waals surface area contributed by atoms with E-state index in [0.29, 0.717) is 0 Å². The molecule has 2 aliphatic rings. The molecule has 0 bridgehead atoms. The van der Waals surface area contributed by atoms with E-state index in [1.54, 1.807) is 12.2 Å². The highest BCUT2D eigenvalue weighted by atomic mass is 16.6. The van der Waals surface area contributed by atoms with Crippen molar-refractivity contribution in [3.05, 3.63) is 12.2 Å². The zero-order chi connectivity index (χ0) is 11.3. The van der Waals surface area contributed by atoms with Crippen LogP contribution in [0, 0.1) is 11.3 Å². The van der Waals surface area contributed by atoms with Crippen molar-refractivity contribution in [3.8, 4) is 0 Å². The molecule has 1 fully saturated rings. The molecule has 1 saturated heterocycles. The van der Waals surface area contributed by atoms with Crippen molar-refractivity contribution in [1.29, 1.82) is 0 Å². The van der Waals surface area contributed by atoms with Gasteiger partial charge in [-0.1, -0.05) is 19.9 Å². The summed E-state index contributed by atoms with van der Waals surface area (Å²) in [5.41, 5.74) is -1.37. The van der Waals surface area contributed by atoms with Crippen LogP contribution < -0.4 is 0 Å². The molecule has 0 aromatic heterocycles. The Morgan fingerprint density at radius 1 is 1.60 bits per heavy atom. The molecule has 1 aliphatic heterocycles. The summed E-state index contributed by atoms with van der Waals surface area (Å²) in [4.78, 5) is 11.3. The number of carbonyl (C=O) groups is 1. The van der Waals surface area contributed by atoms with Crippen molar-refractivity contribution in [2.45, 2.75) is 32.0 Å². The third kappa shape index (κ3) is 1.32. The molecule has 3 atom stereocenters. The molecule has 0 radical (unpaired) electrons. The summed E-state index contributed by atoms with van der Waals surface area (Å²) in [5, 5.41) is 19.2. The SMILES string of the molecule is CC1(C)[C@H](O)C=C[C@@]2(CO)OC(=O)C[C@@H]12. The molecule has 4 nitrogen and oxygen atoms in total. The Kier molecular flexibility index (Phi) is 2.17. The first-order valence-electron chi connectivity index (χ1n) is 5.12. The number of rotatable bonds is 1. The van der Waals surface area contributed by atoms with Crippen LogP contribution in [0.25, 0.3) is 0 Å². The van der Waals surface area contributed by atoms with Crippen molar-refractivity contribution in [3.63, 3.8) is 0 Å². The lowest BCUT2D eigenvalue weighted by Crippen LogP contribution is -2.51. The monoisotopic (exact) mass is 212 g/mol. The van der Waals surface area contributed by atoms with Gasteiger partial charge in [0.05, 0.1) is 19.1 Å². The molecule has 0 unspecified atom stereocenters. The van der Waals surface area contributed by atoms with Crippen LogP contribution in [-0.2, 0) is 9.53 Å². The van der Waals surface area contributed by atoms with Crippen LogP contribution in [0.5, 0.6) is 0 Å². The number of hydrogen-bond donors (Lipinski definition) is 2. The summed E-state index contributed by atoms with van der Waals surface area (Å²) in [6, 6.07) is 0. The maximum absolute atomic E-state index is 11.3. The summed E-state index contributed by atoms with van der Waals surface area (Å²) in [5.74, 6) is -0.469. The summed E-state index contributed by atoms with van der Waals surface area (Å²) in [7, 11) is 0. The van der Waals surface area contributed by atoms with E-state index in [1.165, 1.54) is 0 Å². The fourth-order valence-corrected chi connectivity index (χ4v) is 2.61. The highest BCUT2D eigenvalue weighted by Crippen LogP contribution is 2.50. The van der Waals surface area contributed by atoms with Crippen molar-refractivity contribution in [2.75, 3.05) is 6.61 Å². The van der Waals surface area contributed by atoms with Gasteiger partial charge in [0.2, 0.25) is 0 Å². The molecule has 1 heterocycles. The van der Waals surface area contributed by atoms with Gasteiger partial charge in [-0.15, -0.1) is 0 Å². The Hall–Kier alpha value is -0.870. The van der Waals surface area contributed by atoms with E-state index < -0.39 is 17.1 Å². The highest BCUT2D eigenvalue weighted by molar-refractivity contribution is 5.74. The van der Waals surface area contributed by atoms with Gasteiger partial charge >= 0.3 is 5.97 Å². The molecule has 1 aliphatic carbocycles. The number of fused-ring (bicyclic) bond motifs is 1. The van der Waals surface area contributed by atoms with Crippen LogP contribution in [-0.4, -0.2) is 34.5 Å². The molecule has 0 amide bonds. The Balaban J connectivity index is 2.45. The summed E-state index contributed by atoms with van der Waals surface area (Å²) < 4.78 is 5.20. The van der Waals surface area contributed by atoms with Crippen molar-refractivity contribution < 1.29 is 19.7 Å². The fraction of sp³-hybridized carbons (Fsp3) is 0.727. The predicted octanol–water partition coefficient (Wildman–Crippen LogP) is 0.238. The molecular formula is C11H16O4. The number of hydrogen-bond acceptors (Lipinski definition) is 4. The largest absolute Gasteiger partial charge is 0.452 e. The third-order valence-corrected chi connectivity index (χ3v) is 3.73. The average molecular weight is 212 g/mol. The van der Waals surface area contributed by atoms with E-state index in [4.69, 9.17) is 4.74 Å². The lowest BCUT2D eigenvalue weighted by Gasteiger charge is -2.44. The van der Waals surface area contributed by atoms with E-state index in [9.17, 15) is 15.0 Å². The van der Waals surface area contributed by atoms with Crippen LogP contribution in [0.4, 0.5) is 0 Å². The second kappa shape index (κ2) is 3.06. The Labute approximate surface area is 88.6 Å². The van der Waals surface area contributed by atoms with Gasteiger partial charge in [0, 0.05) is 11.3 Å². The number of aliphatic hydroxyl groups is 2. The van der Waals surface area contributed by atoms with E-state index in [2.05, 4.69) is 0 Å². The van der Waals surface area contributed by atoms with Crippen molar-refractivity contribution in [1.82, 2.24) is 0 Å². The van der Waals surface area contributed by atoms with Gasteiger partial charge in [0.25, 0.3) is 0 Å². The highest BCUT2D eigenvalue weighted by Gasteiger charge is 2.57. The number of carbonyl (C=O) groups excluding carboxylic acids is 1. The average Bonchev–Trinajstić information content (AvgIpc) is 2.52. The normalized spacial score (nSPS) is 42.5. The Bertz CT molecular complexity index is 321. The molecule has 0 saturated carbocycles. The molecule has 2 N–H and O–H groups in total. The molecule has 0 aromatic carbocycles. The third-order valence-electron chi connectivity index (χ3n) is 3.73. The summed E-state index contributed by atoms with van der Waals surface area (Å²) in [6.45, 7) is 3.55. The number of esters is 1. The predicted molar refractivity (Wildman–Crippen MR) is 52.9 cm³/mol. The minimum Gasteiger partial charge on any atom is -0.452 e. The lowest BCUT2D eigenvalue weighted by molar-refractivity contribution is -0.151. The molecule has 84 valence electrons. The van der Waals surface area contributed by atoms with Gasteiger partial charge in [-0.2, -0.15) is 0 Å². The number of ether oxygens (including phenoxy) is 1. The maximum atomic E-state index is 11.3. The van der Waals surface area contributed by atoms with Gasteiger partial charge in [-0.25, -0.2) is 0 Å². The fourth-order valence-electron chi connectivity index (χ4n) is 2.61. The number of aliphatic hydroxyl groups excluding tert-OH is 2. The first kappa shape index (κ1) is 10.6. The zero-order valence-electron chi connectivity index (χ0n) is 8.93. The minimum atomic E-state index is -0.917. The maximum Gasteiger partial charge on any atom is 0.307 e. The Morgan fingerprint density at radius 3 is 2.87 bits per heavy atom. The second-order valence-electron chi connectivity index (χ2n) is 4.97. The zero-order valence-corrected chi connectivity index (χ0v) is 8.93. The smallest absolute Gasteiger partial charge is 0.307 e. The van der Waals surface area contributed by atoms with Gasteiger partial charge in [0.1, 0.15) is 0 Å². The van der Waals surface area contributed by atoms with Gasteiger partial charge in [-0.3, -0.25) is 4.79 Å². The van der Waals surface area contributed by atoms with Crippen molar-refractivity contribution >= 4 is 5.97 Å². The van der Waals surface area contributed by atoms with Gasteiger partial charge in [0.15, 0.2) is 5.60 Å². The van der Waals surface area contributed by atoms with E-state index >= 15 is 0 Å². The van der Waals surface area contributed by atoms with Crippen LogP contribution >= 0.6 is 0 Å². The first-order valence-corrected chi connectivity index (χ1v) is 5.12. The topological polar surface area (TPSA) is 66.8 Å². The van der Waals surface area contributed by atoms with Gasteiger partial charge in [-0.05, 0) is 6.08 Å². The molecule has 15 heavy (non-hydrogen) atoms. The summed E-state index contributed by atoms with van der Waals surface area (Å²) in [6.07, 6.45) is 2.88. The lowest BCUT2D eigenvalue weighted by atomic mass is 9.63. The summed E-state index contributed by atoms with van der Waals surface area (Å²) >= 11 is 0. The van der Waals surface area contributed by atoms with Crippen LogP contribution in [0.15, 0.2) is 12.2 Å². The van der Waals surface area contributed by atoms with E-state index in [-0.39, 0.29) is 24.9 Å². The van der Waals surface area contributed by atoms with Gasteiger partial charge < -0.3 is 14.9 Å². The molecule has 0 spiro atoms. The Morgan fingerprint density at radius 2 is 2.27 bits per heavy atom. The standard InChI is InChI=1S/C11H16O4/c1-10(2)7-5-9(14)15-11(7,6-12)4-3-8(10)13/h3-4,7-8,12-13H,5-6H2,1-2H3/t7-,8+,11-/m0/s1. The van der Waals surface area contributed by atoms with Crippen molar-refractivity contribution in [2.24, 2.45) is 11.3 Å². The van der Waals surface area contributed by atoms with Crippen LogP contribution in [0.2, 0.25) is 0 Å². The van der Waals surface area contributed by atoms with Crippen LogP contribution in [0.3, 0.4) is 0 Å². The van der Waals surface area contributed by atoms with E-state index in [1.807, 2.05) is 13.8 Å².